The fraction of sp³-hybridized carbons (Fsp3) is 0.294. The van der Waals surface area contributed by atoms with Crippen molar-refractivity contribution in [2.75, 3.05) is 6.26 Å². The maximum atomic E-state index is 12.0. The van der Waals surface area contributed by atoms with E-state index in [1.54, 1.807) is 6.07 Å². The number of hydrogen-bond acceptors (Lipinski definition) is 6. The minimum atomic E-state index is -3.53. The van der Waals surface area contributed by atoms with Gasteiger partial charge in [0.15, 0.2) is 0 Å². The van der Waals surface area contributed by atoms with E-state index >= 15 is 0 Å². The van der Waals surface area contributed by atoms with Gasteiger partial charge in [0, 0.05) is 13.6 Å². The number of hydrogen-bond donors (Lipinski definition) is 1. The van der Waals surface area contributed by atoms with Crippen molar-refractivity contribution in [2.24, 2.45) is 0 Å². The van der Waals surface area contributed by atoms with Gasteiger partial charge in [0.25, 0.3) is 10.0 Å². The Labute approximate surface area is 157 Å². The molecular weight excluding hydrogens is 380 g/mol. The van der Waals surface area contributed by atoms with Gasteiger partial charge in [0.2, 0.25) is 0 Å². The summed E-state index contributed by atoms with van der Waals surface area (Å²) in [6, 6.07) is 10.4. The molecule has 8 nitrogen and oxygen atoms in total. The second-order valence-corrected chi connectivity index (χ2v) is 15.2. The van der Waals surface area contributed by atoms with E-state index in [0.29, 0.717) is 11.0 Å². The molecule has 2 aromatic carbocycles. The first-order valence-corrected chi connectivity index (χ1v) is 14.1. The number of nitrogens with one attached hydrogen (secondary N) is 1. The van der Waals surface area contributed by atoms with Crippen molar-refractivity contribution >= 4 is 40.2 Å². The topological polar surface area (TPSA) is 106 Å². The summed E-state index contributed by atoms with van der Waals surface area (Å²) in [4.78, 5) is 0. The van der Waals surface area contributed by atoms with E-state index in [2.05, 4.69) is 45.4 Å². The number of benzene rings is 2. The lowest BCUT2D eigenvalue weighted by molar-refractivity contribution is 0.586. The molecule has 4 aromatic rings. The minimum absolute atomic E-state index is 0.467. The highest BCUT2D eigenvalue weighted by atomic mass is 32.2. The molecule has 0 aliphatic rings. The zero-order chi connectivity index (χ0) is 19.4. The Morgan fingerprint density at radius 3 is 2.52 bits per heavy atom. The van der Waals surface area contributed by atoms with Crippen LogP contribution in [0.4, 0.5) is 0 Å². The highest BCUT2D eigenvalue weighted by Gasteiger charge is 2.23. The van der Waals surface area contributed by atoms with Gasteiger partial charge in [-0.2, -0.15) is 0 Å². The molecule has 2 heterocycles. The smallest absolute Gasteiger partial charge is 0.252 e. The molecule has 0 aliphatic carbocycles. The maximum Gasteiger partial charge on any atom is 0.252 e. The molecule has 0 radical (unpaired) electrons. The molecule has 27 heavy (non-hydrogen) atoms. The molecule has 2 aromatic heterocycles. The van der Waals surface area contributed by atoms with E-state index < -0.39 is 18.1 Å². The predicted molar refractivity (Wildman–Crippen MR) is 108 cm³/mol. The van der Waals surface area contributed by atoms with Crippen LogP contribution in [0.3, 0.4) is 0 Å². The molecule has 4 rings (SSSR count). The predicted octanol–water partition coefficient (Wildman–Crippen LogP) is 2.60. The molecule has 140 valence electrons. The normalized spacial score (nSPS) is 12.9. The summed E-state index contributed by atoms with van der Waals surface area (Å²) < 4.78 is 25.0. The van der Waals surface area contributed by atoms with Crippen molar-refractivity contribution in [1.82, 2.24) is 29.8 Å². The molecular formula is C17H20N6O2SSi. The Morgan fingerprint density at radius 1 is 1.04 bits per heavy atom. The van der Waals surface area contributed by atoms with Crippen molar-refractivity contribution in [1.29, 1.82) is 0 Å². The van der Waals surface area contributed by atoms with Crippen LogP contribution in [0.25, 0.3) is 33.2 Å². The summed E-state index contributed by atoms with van der Waals surface area (Å²) in [7, 11) is -4.99. The Hall–Kier alpha value is -2.59. The van der Waals surface area contributed by atoms with Gasteiger partial charge in [-0.1, -0.05) is 48.3 Å². The Kier molecular flexibility index (Phi) is 3.93. The van der Waals surface area contributed by atoms with Gasteiger partial charge in [0.05, 0.1) is 11.8 Å². The van der Waals surface area contributed by atoms with E-state index in [4.69, 9.17) is 0 Å². The molecule has 0 aliphatic heterocycles. The van der Waals surface area contributed by atoms with Crippen LogP contribution in [-0.2, 0) is 16.1 Å². The molecule has 0 fully saturated rings. The van der Waals surface area contributed by atoms with Gasteiger partial charge >= 0.3 is 0 Å². The number of aromatic amines is 1. The fourth-order valence-electron chi connectivity index (χ4n) is 3.32. The number of rotatable bonds is 4. The van der Waals surface area contributed by atoms with Crippen LogP contribution in [-0.4, -0.2) is 52.6 Å². The number of nitrogens with zero attached hydrogens (tertiary/aromatic N) is 5. The molecule has 0 unspecified atom stereocenters. The van der Waals surface area contributed by atoms with Gasteiger partial charge in [-0.05, 0) is 29.3 Å². The largest absolute Gasteiger partial charge is 0.258 e. The van der Waals surface area contributed by atoms with Gasteiger partial charge in [0.1, 0.15) is 16.6 Å². The maximum absolute atomic E-state index is 12.0. The third kappa shape index (κ3) is 3.14. The number of aromatic nitrogens is 6. The van der Waals surface area contributed by atoms with E-state index in [1.807, 2.05) is 24.3 Å². The summed E-state index contributed by atoms with van der Waals surface area (Å²) in [5, 5.41) is 19.2. The average Bonchev–Trinajstić information content (AvgIpc) is 3.19. The molecule has 0 bridgehead atoms. The first kappa shape index (κ1) is 17.8. The van der Waals surface area contributed by atoms with Crippen molar-refractivity contribution < 1.29 is 8.42 Å². The molecule has 0 saturated heterocycles. The zero-order valence-corrected chi connectivity index (χ0v) is 17.4. The molecule has 0 atom stereocenters. The lowest BCUT2D eigenvalue weighted by atomic mass is 9.98. The summed E-state index contributed by atoms with van der Waals surface area (Å²) in [5.41, 5.74) is 5.71. The van der Waals surface area contributed by atoms with E-state index in [9.17, 15) is 8.42 Å². The monoisotopic (exact) mass is 400 g/mol. The van der Waals surface area contributed by atoms with Crippen LogP contribution in [0, 0.1) is 0 Å². The molecule has 0 saturated carbocycles. The highest BCUT2D eigenvalue weighted by molar-refractivity contribution is 7.89. The first-order valence-electron chi connectivity index (χ1n) is 8.53. The lowest BCUT2D eigenvalue weighted by Gasteiger charge is -2.19. The Morgan fingerprint density at radius 2 is 1.81 bits per heavy atom. The minimum Gasteiger partial charge on any atom is -0.258 e. The van der Waals surface area contributed by atoms with Gasteiger partial charge in [-0.3, -0.25) is 5.10 Å². The summed E-state index contributed by atoms with van der Waals surface area (Å²) >= 11 is 0. The zero-order valence-electron chi connectivity index (χ0n) is 15.6. The number of fused-ring (bicyclic) bond motifs is 2. The van der Waals surface area contributed by atoms with E-state index in [0.717, 1.165) is 44.1 Å². The Balaban J connectivity index is 2.03. The second kappa shape index (κ2) is 5.96. The van der Waals surface area contributed by atoms with Crippen molar-refractivity contribution in [3.8, 4) is 11.1 Å². The molecule has 10 heteroatoms. The molecule has 0 amide bonds. The van der Waals surface area contributed by atoms with Crippen LogP contribution in [0.15, 0.2) is 30.3 Å². The standard InChI is InChI=1S/C17H20N6O2SSi/c1-26(24,25)23-15-7-5-6-12(17(15)20-22-23)11-8-9-14-16(19-21-18-14)13(11)10-27(2,3)4/h5-9H,10H2,1-4H3,(H,18,19,21). The van der Waals surface area contributed by atoms with Crippen LogP contribution in [0.1, 0.15) is 5.56 Å². The summed E-state index contributed by atoms with van der Waals surface area (Å²) in [6.45, 7) is 6.91. The third-order valence-corrected chi connectivity index (χ3v) is 6.67. The van der Waals surface area contributed by atoms with Crippen molar-refractivity contribution in [3.05, 3.63) is 35.9 Å². The first-order chi connectivity index (χ1) is 12.6. The van der Waals surface area contributed by atoms with Crippen LogP contribution >= 0.6 is 0 Å². The highest BCUT2D eigenvalue weighted by Crippen LogP contribution is 2.34. The number of H-pyrrole nitrogens is 1. The van der Waals surface area contributed by atoms with Gasteiger partial charge in [-0.15, -0.1) is 14.3 Å². The van der Waals surface area contributed by atoms with Gasteiger partial charge in [-0.25, -0.2) is 8.42 Å². The lowest BCUT2D eigenvalue weighted by Crippen LogP contribution is -2.24. The third-order valence-electron chi connectivity index (χ3n) is 4.36. The van der Waals surface area contributed by atoms with E-state index in [1.165, 1.54) is 0 Å². The SMILES string of the molecule is C[Si](C)(C)Cc1c(-c2cccc3c2nnn3S(C)(=O)=O)ccc2[nH]nnc12. The Bertz CT molecular complexity index is 1270. The van der Waals surface area contributed by atoms with E-state index in [-0.39, 0.29) is 0 Å². The van der Waals surface area contributed by atoms with Gasteiger partial charge < -0.3 is 0 Å². The quantitative estimate of drug-likeness (QED) is 0.528. The van der Waals surface area contributed by atoms with Crippen LogP contribution in [0.2, 0.25) is 19.6 Å². The molecule has 0 spiro atoms. The van der Waals surface area contributed by atoms with Crippen LogP contribution in [0.5, 0.6) is 0 Å². The summed E-state index contributed by atoms with van der Waals surface area (Å²) in [5.74, 6) is 0. The van der Waals surface area contributed by atoms with Crippen molar-refractivity contribution in [2.45, 2.75) is 25.7 Å². The second-order valence-electron chi connectivity index (χ2n) is 7.91. The van der Waals surface area contributed by atoms with Crippen molar-refractivity contribution in [3.63, 3.8) is 0 Å². The fourth-order valence-corrected chi connectivity index (χ4v) is 5.41. The van der Waals surface area contributed by atoms with Crippen LogP contribution < -0.4 is 0 Å². The average molecular weight is 401 g/mol. The summed E-state index contributed by atoms with van der Waals surface area (Å²) in [6.07, 6.45) is 1.12. The molecule has 1 N–H and O–H groups in total.